The van der Waals surface area contributed by atoms with Gasteiger partial charge in [-0.3, -0.25) is 9.69 Å². The van der Waals surface area contributed by atoms with Crippen molar-refractivity contribution in [2.45, 2.75) is 31.8 Å². The molecule has 0 saturated heterocycles. The average Bonchev–Trinajstić information content (AvgIpc) is 3.08. The third-order valence-corrected chi connectivity index (χ3v) is 4.92. The molecule has 0 aliphatic heterocycles. The second kappa shape index (κ2) is 7.85. The summed E-state index contributed by atoms with van der Waals surface area (Å²) in [5.41, 5.74) is 4.39. The van der Waals surface area contributed by atoms with Gasteiger partial charge in [0.1, 0.15) is 5.69 Å². The van der Waals surface area contributed by atoms with Gasteiger partial charge >= 0.3 is 0 Å². The Kier molecular flexibility index (Phi) is 5.56. The first-order chi connectivity index (χ1) is 12.1. The summed E-state index contributed by atoms with van der Waals surface area (Å²) in [7, 11) is 3.50. The molecule has 0 radical (unpaired) electrons. The van der Waals surface area contributed by atoms with Crippen LogP contribution in [0.2, 0.25) is 0 Å². The Morgan fingerprint density at radius 2 is 2.04 bits per heavy atom. The zero-order valence-corrected chi connectivity index (χ0v) is 15.0. The lowest BCUT2D eigenvalue weighted by atomic mass is 9.86. The van der Waals surface area contributed by atoms with Gasteiger partial charge in [0.05, 0.1) is 6.61 Å². The molecule has 1 aliphatic rings. The molecule has 0 saturated carbocycles. The molecule has 1 heterocycles. The van der Waals surface area contributed by atoms with Crippen LogP contribution in [0.15, 0.2) is 36.4 Å². The van der Waals surface area contributed by atoms with Crippen LogP contribution in [0.1, 0.15) is 46.2 Å². The molecule has 1 unspecified atom stereocenters. The molecule has 3 rings (SSSR count). The summed E-state index contributed by atoms with van der Waals surface area (Å²) in [4.78, 5) is 19.2. The number of hydrogen-bond acceptors (Lipinski definition) is 3. The summed E-state index contributed by atoms with van der Waals surface area (Å²) in [5, 5.41) is 9.55. The van der Waals surface area contributed by atoms with Crippen LogP contribution in [0.25, 0.3) is 0 Å². The van der Waals surface area contributed by atoms with Gasteiger partial charge in [-0.1, -0.05) is 24.3 Å². The molecule has 2 N–H and O–H groups in total. The largest absolute Gasteiger partial charge is 0.395 e. The van der Waals surface area contributed by atoms with Crippen molar-refractivity contribution in [1.29, 1.82) is 0 Å². The molecule has 134 valence electrons. The first-order valence-corrected chi connectivity index (χ1v) is 8.92. The van der Waals surface area contributed by atoms with Crippen LogP contribution in [-0.4, -0.2) is 53.0 Å². The molecule has 1 aromatic carbocycles. The first kappa shape index (κ1) is 17.7. The molecule has 0 bridgehead atoms. The number of aliphatic hydroxyl groups is 1. The van der Waals surface area contributed by atoms with Crippen molar-refractivity contribution in [3.63, 3.8) is 0 Å². The van der Waals surface area contributed by atoms with Gasteiger partial charge in [0.2, 0.25) is 0 Å². The van der Waals surface area contributed by atoms with Gasteiger partial charge < -0.3 is 15.0 Å². The minimum atomic E-state index is -0.0250. The Balaban J connectivity index is 1.80. The molecule has 5 nitrogen and oxygen atoms in total. The lowest BCUT2D eigenvalue weighted by Gasteiger charge is -2.35. The summed E-state index contributed by atoms with van der Waals surface area (Å²) in [6.45, 7) is 1.44. The number of H-pyrrole nitrogens is 1. The lowest BCUT2D eigenvalue weighted by Crippen LogP contribution is -2.33. The van der Waals surface area contributed by atoms with E-state index in [-0.39, 0.29) is 12.5 Å². The van der Waals surface area contributed by atoms with Crippen molar-refractivity contribution in [3.05, 3.63) is 58.9 Å². The Labute approximate surface area is 149 Å². The fourth-order valence-corrected chi connectivity index (χ4v) is 3.70. The van der Waals surface area contributed by atoms with Gasteiger partial charge in [0.15, 0.2) is 0 Å². The van der Waals surface area contributed by atoms with E-state index in [9.17, 15) is 9.90 Å². The van der Waals surface area contributed by atoms with E-state index >= 15 is 0 Å². The molecule has 1 aliphatic carbocycles. The molecule has 0 fully saturated rings. The summed E-state index contributed by atoms with van der Waals surface area (Å²) in [6.07, 6.45) is 3.39. The fraction of sp³-hybridized carbons (Fsp3) is 0.450. The van der Waals surface area contributed by atoms with Crippen molar-refractivity contribution in [2.24, 2.45) is 0 Å². The zero-order chi connectivity index (χ0) is 17.8. The monoisotopic (exact) mass is 341 g/mol. The summed E-state index contributed by atoms with van der Waals surface area (Å²) in [6, 6.07) is 12.7. The number of aliphatic hydroxyl groups excluding tert-OH is 1. The third kappa shape index (κ3) is 3.94. The zero-order valence-electron chi connectivity index (χ0n) is 15.0. The van der Waals surface area contributed by atoms with Gasteiger partial charge in [-0.25, -0.2) is 0 Å². The highest BCUT2D eigenvalue weighted by Gasteiger charge is 2.26. The number of carbonyl (C=O) groups is 1. The summed E-state index contributed by atoms with van der Waals surface area (Å²) < 4.78 is 0. The maximum absolute atomic E-state index is 12.1. The van der Waals surface area contributed by atoms with Crippen LogP contribution in [0.4, 0.5) is 0 Å². The molecular formula is C20H27N3O2. The van der Waals surface area contributed by atoms with Gasteiger partial charge in [-0.2, -0.15) is 0 Å². The number of aromatic nitrogens is 1. The number of hydrogen-bond donors (Lipinski definition) is 2. The van der Waals surface area contributed by atoms with Crippen LogP contribution in [0.3, 0.4) is 0 Å². The van der Waals surface area contributed by atoms with E-state index in [1.807, 2.05) is 12.1 Å². The number of aryl methyl sites for hydroxylation is 1. The van der Waals surface area contributed by atoms with Gasteiger partial charge in [0.25, 0.3) is 5.91 Å². The fourth-order valence-electron chi connectivity index (χ4n) is 3.70. The Hall–Kier alpha value is -2.11. The second-order valence-corrected chi connectivity index (χ2v) is 6.90. The number of carbonyl (C=O) groups excluding carboxylic acids is 1. The van der Waals surface area contributed by atoms with Crippen molar-refractivity contribution < 1.29 is 9.90 Å². The Morgan fingerprint density at radius 1 is 1.24 bits per heavy atom. The smallest absolute Gasteiger partial charge is 0.269 e. The van der Waals surface area contributed by atoms with E-state index in [0.29, 0.717) is 24.8 Å². The maximum atomic E-state index is 12.1. The van der Waals surface area contributed by atoms with E-state index in [4.69, 9.17) is 0 Å². The van der Waals surface area contributed by atoms with E-state index < -0.39 is 0 Å². The Morgan fingerprint density at radius 3 is 2.80 bits per heavy atom. The van der Waals surface area contributed by atoms with Crippen molar-refractivity contribution in [3.8, 4) is 0 Å². The molecule has 1 aromatic heterocycles. The van der Waals surface area contributed by atoms with Crippen LogP contribution in [0.5, 0.6) is 0 Å². The summed E-state index contributed by atoms with van der Waals surface area (Å²) in [5.74, 6) is -0.0250. The highest BCUT2D eigenvalue weighted by Crippen LogP contribution is 2.34. The van der Waals surface area contributed by atoms with Crippen molar-refractivity contribution >= 4 is 5.91 Å². The molecule has 1 amide bonds. The first-order valence-electron chi connectivity index (χ1n) is 8.92. The van der Waals surface area contributed by atoms with Gasteiger partial charge in [-0.15, -0.1) is 0 Å². The summed E-state index contributed by atoms with van der Waals surface area (Å²) >= 11 is 0. The number of fused-ring (bicyclic) bond motifs is 1. The molecule has 1 atom stereocenters. The second-order valence-electron chi connectivity index (χ2n) is 6.90. The molecule has 2 aromatic rings. The maximum Gasteiger partial charge on any atom is 0.269 e. The topological polar surface area (TPSA) is 59.6 Å². The number of aromatic amines is 1. The van der Waals surface area contributed by atoms with E-state index in [2.05, 4.69) is 34.1 Å². The molecule has 0 spiro atoms. The minimum absolute atomic E-state index is 0.0250. The van der Waals surface area contributed by atoms with E-state index in [1.165, 1.54) is 17.5 Å². The van der Waals surface area contributed by atoms with Gasteiger partial charge in [-0.05, 0) is 42.5 Å². The molecule has 5 heteroatoms. The lowest BCUT2D eigenvalue weighted by molar-refractivity contribution is 0.0822. The van der Waals surface area contributed by atoms with E-state index in [1.54, 1.807) is 19.0 Å². The highest BCUT2D eigenvalue weighted by atomic mass is 16.3. The SMILES string of the molecule is CN(C)C(=O)c1ccc(CN(CCO)C2CCCc3ccccc32)[nH]1. The predicted octanol–water partition coefficient (Wildman–Crippen LogP) is 2.59. The number of benzene rings is 1. The van der Waals surface area contributed by atoms with Crippen LogP contribution >= 0.6 is 0 Å². The number of amides is 1. The van der Waals surface area contributed by atoms with Crippen LogP contribution in [0, 0.1) is 0 Å². The van der Waals surface area contributed by atoms with E-state index in [0.717, 1.165) is 18.5 Å². The predicted molar refractivity (Wildman–Crippen MR) is 98.4 cm³/mol. The molecule has 25 heavy (non-hydrogen) atoms. The number of nitrogens with one attached hydrogen (secondary N) is 1. The Bertz CT molecular complexity index is 723. The normalized spacial score (nSPS) is 16.7. The number of nitrogens with zero attached hydrogens (tertiary/aromatic N) is 2. The number of rotatable bonds is 6. The van der Waals surface area contributed by atoms with Gasteiger partial charge in [0, 0.05) is 38.9 Å². The third-order valence-electron chi connectivity index (χ3n) is 4.92. The van der Waals surface area contributed by atoms with Crippen molar-refractivity contribution in [1.82, 2.24) is 14.8 Å². The highest BCUT2D eigenvalue weighted by molar-refractivity contribution is 5.92. The van der Waals surface area contributed by atoms with Crippen LogP contribution < -0.4 is 0 Å². The van der Waals surface area contributed by atoms with Crippen molar-refractivity contribution in [2.75, 3.05) is 27.2 Å². The molecular weight excluding hydrogens is 314 g/mol. The quantitative estimate of drug-likeness (QED) is 0.849. The standard InChI is InChI=1S/C20H27N3O2/c1-22(2)20(25)18-11-10-16(21-18)14-23(12-13-24)19-9-5-7-15-6-3-4-8-17(15)19/h3-4,6,8,10-11,19,21,24H,5,7,9,12-14H2,1-2H3. The average molecular weight is 341 g/mol. The van der Waals surface area contributed by atoms with Crippen LogP contribution in [-0.2, 0) is 13.0 Å². The minimum Gasteiger partial charge on any atom is -0.395 e.